The topological polar surface area (TPSA) is 82.7 Å². The third kappa shape index (κ3) is 2.52. The molecular weight excluding hydrogens is 278 g/mol. The number of H-pyrrole nitrogens is 1. The highest BCUT2D eigenvalue weighted by Gasteiger charge is 2.26. The zero-order valence-corrected chi connectivity index (χ0v) is 11.7. The van der Waals surface area contributed by atoms with Crippen LogP contribution in [0.1, 0.15) is 17.0 Å². The third-order valence-electron chi connectivity index (χ3n) is 3.28. The molecule has 20 heavy (non-hydrogen) atoms. The van der Waals surface area contributed by atoms with Crippen LogP contribution in [-0.4, -0.2) is 26.9 Å². The summed E-state index contributed by atoms with van der Waals surface area (Å²) in [7, 11) is 0. The molecule has 1 unspecified atom stereocenters. The van der Waals surface area contributed by atoms with Crippen LogP contribution in [0, 0.1) is 6.92 Å². The summed E-state index contributed by atoms with van der Waals surface area (Å²) in [6.45, 7) is 2.50. The molecule has 1 aliphatic rings. The van der Waals surface area contributed by atoms with E-state index in [1.54, 1.807) is 18.6 Å². The van der Waals surface area contributed by atoms with Gasteiger partial charge in [0.1, 0.15) is 0 Å². The Balaban J connectivity index is 1.73. The number of fused-ring (bicyclic) bond motifs is 1. The van der Waals surface area contributed by atoms with Crippen molar-refractivity contribution in [3.05, 3.63) is 40.7 Å². The van der Waals surface area contributed by atoms with Gasteiger partial charge in [-0.05, 0) is 18.6 Å². The Morgan fingerprint density at radius 2 is 2.35 bits per heavy atom. The number of anilines is 1. The van der Waals surface area contributed by atoms with Crippen LogP contribution in [0.5, 0.6) is 0 Å². The normalized spacial score (nSPS) is 17.6. The van der Waals surface area contributed by atoms with Crippen LogP contribution in [0.25, 0.3) is 0 Å². The summed E-state index contributed by atoms with van der Waals surface area (Å²) in [6, 6.07) is 1.48. The van der Waals surface area contributed by atoms with Gasteiger partial charge in [0.25, 0.3) is 0 Å². The summed E-state index contributed by atoms with van der Waals surface area (Å²) < 4.78 is 0. The zero-order chi connectivity index (χ0) is 14.1. The first-order valence-corrected chi connectivity index (χ1v) is 6.69. The Morgan fingerprint density at radius 1 is 1.50 bits per heavy atom. The molecule has 3 heterocycles. The number of nitrogens with zero attached hydrogens (tertiary/aromatic N) is 2. The van der Waals surface area contributed by atoms with Crippen molar-refractivity contribution in [2.45, 2.75) is 25.9 Å². The van der Waals surface area contributed by atoms with Crippen LogP contribution in [0.4, 0.5) is 5.69 Å². The second-order valence-electron chi connectivity index (χ2n) is 4.81. The van der Waals surface area contributed by atoms with Crippen LogP contribution in [-0.2, 0) is 17.8 Å². The molecule has 0 aromatic carbocycles. The zero-order valence-electron chi connectivity index (χ0n) is 10.9. The van der Waals surface area contributed by atoms with Gasteiger partial charge in [-0.1, -0.05) is 11.6 Å². The Bertz CT molecular complexity index is 654. The van der Waals surface area contributed by atoms with Crippen LogP contribution in [0.2, 0.25) is 5.15 Å². The fourth-order valence-corrected chi connectivity index (χ4v) is 2.37. The van der Waals surface area contributed by atoms with Gasteiger partial charge >= 0.3 is 0 Å². The first-order valence-electron chi connectivity index (χ1n) is 6.31. The molecule has 3 rings (SSSR count). The van der Waals surface area contributed by atoms with E-state index in [9.17, 15) is 4.79 Å². The maximum atomic E-state index is 12.3. The lowest BCUT2D eigenvalue weighted by molar-refractivity contribution is -0.118. The van der Waals surface area contributed by atoms with Gasteiger partial charge < -0.3 is 10.3 Å². The predicted octanol–water partition coefficient (Wildman–Crippen LogP) is 1.42. The minimum atomic E-state index is -0.317. The second-order valence-corrected chi connectivity index (χ2v) is 5.16. The molecule has 1 atom stereocenters. The molecule has 104 valence electrons. The molecule has 0 aliphatic carbocycles. The molecule has 1 aliphatic heterocycles. The SMILES string of the molecule is Cc1cnc(Cl)c(NC(=O)C2Cc3nc[nH]c3CN2)c1. The van der Waals surface area contributed by atoms with Gasteiger partial charge in [-0.15, -0.1) is 0 Å². The molecule has 0 fully saturated rings. The van der Waals surface area contributed by atoms with E-state index in [2.05, 4.69) is 25.6 Å². The van der Waals surface area contributed by atoms with Gasteiger partial charge in [-0.3, -0.25) is 10.1 Å². The van der Waals surface area contributed by atoms with Crippen molar-refractivity contribution in [3.8, 4) is 0 Å². The van der Waals surface area contributed by atoms with E-state index in [1.807, 2.05) is 6.92 Å². The van der Waals surface area contributed by atoms with Gasteiger partial charge in [-0.25, -0.2) is 9.97 Å². The number of hydrogen-bond donors (Lipinski definition) is 3. The van der Waals surface area contributed by atoms with Crippen molar-refractivity contribution in [3.63, 3.8) is 0 Å². The van der Waals surface area contributed by atoms with Crippen molar-refractivity contribution in [1.29, 1.82) is 0 Å². The van der Waals surface area contributed by atoms with Crippen LogP contribution in [0.3, 0.4) is 0 Å². The number of halogens is 1. The summed E-state index contributed by atoms with van der Waals surface area (Å²) in [5.74, 6) is -0.132. The lowest BCUT2D eigenvalue weighted by atomic mass is 10.0. The molecule has 3 N–H and O–H groups in total. The highest BCUT2D eigenvalue weighted by atomic mass is 35.5. The van der Waals surface area contributed by atoms with E-state index in [4.69, 9.17) is 11.6 Å². The van der Waals surface area contributed by atoms with Crippen molar-refractivity contribution in [2.75, 3.05) is 5.32 Å². The minimum absolute atomic E-state index is 0.132. The molecular formula is C13H14ClN5O. The highest BCUT2D eigenvalue weighted by molar-refractivity contribution is 6.32. The molecule has 7 heteroatoms. The van der Waals surface area contributed by atoms with Crippen LogP contribution in [0.15, 0.2) is 18.6 Å². The Morgan fingerprint density at radius 3 is 3.20 bits per heavy atom. The lowest BCUT2D eigenvalue weighted by Crippen LogP contribution is -2.44. The molecule has 1 amide bonds. The maximum absolute atomic E-state index is 12.3. The summed E-state index contributed by atoms with van der Waals surface area (Å²) in [5.41, 5.74) is 3.43. The van der Waals surface area contributed by atoms with E-state index >= 15 is 0 Å². The van der Waals surface area contributed by atoms with Gasteiger partial charge in [0.15, 0.2) is 5.15 Å². The standard InChI is InChI=1S/C13H14ClN5O/c1-7-2-9(12(14)16-4-7)19-13(20)10-3-8-11(5-15-10)18-6-17-8/h2,4,6,10,15H,3,5H2,1H3,(H,17,18)(H,19,20). The second kappa shape index (κ2) is 5.22. The lowest BCUT2D eigenvalue weighted by Gasteiger charge is -2.22. The molecule has 2 aromatic rings. The van der Waals surface area contributed by atoms with Crippen LogP contribution < -0.4 is 10.6 Å². The molecule has 6 nitrogen and oxygen atoms in total. The average Bonchev–Trinajstić information content (AvgIpc) is 2.90. The number of pyridine rings is 1. The molecule has 2 aromatic heterocycles. The van der Waals surface area contributed by atoms with E-state index in [1.165, 1.54) is 0 Å². The Kier molecular flexibility index (Phi) is 3.42. The summed E-state index contributed by atoms with van der Waals surface area (Å²) in [5, 5.41) is 6.27. The van der Waals surface area contributed by atoms with Crippen molar-refractivity contribution >= 4 is 23.2 Å². The molecule has 0 spiro atoms. The minimum Gasteiger partial charge on any atom is -0.347 e. The van der Waals surface area contributed by atoms with Gasteiger partial charge in [0, 0.05) is 19.2 Å². The fraction of sp³-hybridized carbons (Fsp3) is 0.308. The smallest absolute Gasteiger partial charge is 0.242 e. The van der Waals surface area contributed by atoms with Gasteiger partial charge in [0.05, 0.1) is 29.4 Å². The summed E-state index contributed by atoms with van der Waals surface area (Å²) in [6.07, 6.45) is 3.86. The molecule has 0 bridgehead atoms. The molecule has 0 saturated carbocycles. The quantitative estimate of drug-likeness (QED) is 0.731. The first kappa shape index (κ1) is 13.1. The first-order chi connectivity index (χ1) is 9.63. The van der Waals surface area contributed by atoms with Crippen molar-refractivity contribution in [2.24, 2.45) is 0 Å². The number of rotatable bonds is 2. The van der Waals surface area contributed by atoms with Crippen molar-refractivity contribution < 1.29 is 4.79 Å². The predicted molar refractivity (Wildman–Crippen MR) is 75.5 cm³/mol. The Labute approximate surface area is 121 Å². The van der Waals surface area contributed by atoms with Crippen LogP contribution >= 0.6 is 11.6 Å². The summed E-state index contributed by atoms with van der Waals surface area (Å²) >= 11 is 5.98. The number of nitrogens with one attached hydrogen (secondary N) is 3. The van der Waals surface area contributed by atoms with Gasteiger partial charge in [0.2, 0.25) is 5.91 Å². The van der Waals surface area contributed by atoms with Gasteiger partial charge in [-0.2, -0.15) is 0 Å². The number of amides is 1. The number of imidazole rings is 1. The van der Waals surface area contributed by atoms with E-state index < -0.39 is 0 Å². The average molecular weight is 292 g/mol. The Hall–Kier alpha value is -1.92. The molecule has 0 radical (unpaired) electrons. The third-order valence-corrected chi connectivity index (χ3v) is 3.58. The maximum Gasteiger partial charge on any atom is 0.242 e. The van der Waals surface area contributed by atoms with E-state index in [0.29, 0.717) is 23.8 Å². The number of aromatic nitrogens is 3. The van der Waals surface area contributed by atoms with E-state index in [0.717, 1.165) is 17.0 Å². The highest BCUT2D eigenvalue weighted by Crippen LogP contribution is 2.21. The van der Waals surface area contributed by atoms with Crippen molar-refractivity contribution in [1.82, 2.24) is 20.3 Å². The number of aryl methyl sites for hydroxylation is 1. The number of carbonyl (C=O) groups is 1. The number of hydrogen-bond acceptors (Lipinski definition) is 4. The number of aromatic amines is 1. The molecule has 0 saturated heterocycles. The largest absolute Gasteiger partial charge is 0.347 e. The van der Waals surface area contributed by atoms with E-state index in [-0.39, 0.29) is 11.9 Å². The number of carbonyl (C=O) groups excluding carboxylic acids is 1. The fourth-order valence-electron chi connectivity index (χ4n) is 2.21. The summed E-state index contributed by atoms with van der Waals surface area (Å²) in [4.78, 5) is 23.5. The monoisotopic (exact) mass is 291 g/mol.